The van der Waals surface area contributed by atoms with E-state index in [1.165, 1.54) is 12.3 Å². The smallest absolute Gasteiger partial charge is 0.273 e. The topological polar surface area (TPSA) is 75.4 Å². The number of aliphatic hydroxyl groups excluding tert-OH is 1. The van der Waals surface area contributed by atoms with E-state index < -0.39 is 0 Å². The molecule has 19 heavy (non-hydrogen) atoms. The molecular weight excluding hydrogens is 244 g/mol. The summed E-state index contributed by atoms with van der Waals surface area (Å²) < 4.78 is 4.60. The molecule has 0 aliphatic heterocycles. The Labute approximate surface area is 110 Å². The number of aliphatic hydroxyl groups is 1. The first-order valence-electron chi connectivity index (χ1n) is 5.67. The van der Waals surface area contributed by atoms with Gasteiger partial charge in [0.15, 0.2) is 5.69 Å². The molecule has 1 amide bonds. The quantitative estimate of drug-likeness (QED) is 0.802. The van der Waals surface area contributed by atoms with Crippen molar-refractivity contribution in [1.82, 2.24) is 10.5 Å². The molecule has 0 fully saturated rings. The van der Waals surface area contributed by atoms with E-state index in [0.29, 0.717) is 6.54 Å². The van der Waals surface area contributed by atoms with Gasteiger partial charge in [-0.25, -0.2) is 0 Å². The maximum absolute atomic E-state index is 11.7. The summed E-state index contributed by atoms with van der Waals surface area (Å²) in [7, 11) is 0. The molecule has 0 spiro atoms. The van der Waals surface area contributed by atoms with Gasteiger partial charge >= 0.3 is 0 Å². The van der Waals surface area contributed by atoms with Crippen LogP contribution in [0.2, 0.25) is 0 Å². The minimum Gasteiger partial charge on any atom is -0.384 e. The molecule has 2 N–H and O–H groups in total. The van der Waals surface area contributed by atoms with Crippen LogP contribution in [0.1, 0.15) is 21.6 Å². The molecule has 2 aromatic rings. The number of hydrogen-bond donors (Lipinski definition) is 2. The Bertz CT molecular complexity index is 609. The highest BCUT2D eigenvalue weighted by molar-refractivity contribution is 5.91. The number of hydrogen-bond acceptors (Lipinski definition) is 4. The summed E-state index contributed by atoms with van der Waals surface area (Å²) in [5.74, 6) is 5.11. The van der Waals surface area contributed by atoms with Gasteiger partial charge in [-0.3, -0.25) is 4.79 Å². The lowest BCUT2D eigenvalue weighted by Gasteiger charge is -2.05. The van der Waals surface area contributed by atoms with Crippen molar-refractivity contribution in [3.8, 4) is 11.8 Å². The van der Waals surface area contributed by atoms with Crippen LogP contribution < -0.4 is 5.32 Å². The second kappa shape index (κ2) is 6.38. The number of nitrogens with one attached hydrogen (secondary N) is 1. The lowest BCUT2D eigenvalue weighted by molar-refractivity contribution is 0.0942. The molecule has 0 radical (unpaired) electrons. The highest BCUT2D eigenvalue weighted by Gasteiger charge is 2.08. The third-order valence-corrected chi connectivity index (χ3v) is 2.43. The van der Waals surface area contributed by atoms with Crippen LogP contribution in [0.25, 0.3) is 0 Å². The van der Waals surface area contributed by atoms with Crippen molar-refractivity contribution >= 4 is 5.91 Å². The van der Waals surface area contributed by atoms with Crippen molar-refractivity contribution in [2.24, 2.45) is 0 Å². The monoisotopic (exact) mass is 256 g/mol. The Hall–Kier alpha value is -2.58. The Morgan fingerprint density at radius 3 is 2.95 bits per heavy atom. The van der Waals surface area contributed by atoms with Crippen LogP contribution in [0, 0.1) is 11.8 Å². The first-order chi connectivity index (χ1) is 9.31. The van der Waals surface area contributed by atoms with Crippen LogP contribution >= 0.6 is 0 Å². The molecule has 1 aromatic carbocycles. The molecule has 5 heteroatoms. The van der Waals surface area contributed by atoms with Crippen molar-refractivity contribution in [3.05, 3.63) is 53.4 Å². The zero-order valence-electron chi connectivity index (χ0n) is 10.1. The molecule has 5 nitrogen and oxygen atoms in total. The zero-order valence-corrected chi connectivity index (χ0v) is 10.1. The minimum atomic E-state index is -0.307. The van der Waals surface area contributed by atoms with Crippen molar-refractivity contribution in [1.29, 1.82) is 0 Å². The van der Waals surface area contributed by atoms with Crippen LogP contribution in [0.3, 0.4) is 0 Å². The van der Waals surface area contributed by atoms with Gasteiger partial charge in [-0.15, -0.1) is 0 Å². The fraction of sp³-hybridized carbons (Fsp3) is 0.143. The maximum Gasteiger partial charge on any atom is 0.273 e. The summed E-state index contributed by atoms with van der Waals surface area (Å²) in [6.07, 6.45) is 1.34. The number of aromatic nitrogens is 1. The van der Waals surface area contributed by atoms with E-state index >= 15 is 0 Å². The zero-order chi connectivity index (χ0) is 13.5. The Kier molecular flexibility index (Phi) is 4.32. The number of benzene rings is 1. The van der Waals surface area contributed by atoms with Crippen LogP contribution in [-0.2, 0) is 6.54 Å². The third kappa shape index (κ3) is 3.44. The summed E-state index contributed by atoms with van der Waals surface area (Å²) in [5, 5.41) is 15.0. The second-order valence-electron chi connectivity index (χ2n) is 3.68. The van der Waals surface area contributed by atoms with Crippen LogP contribution in [-0.4, -0.2) is 22.8 Å². The van der Waals surface area contributed by atoms with Gasteiger partial charge in [-0.2, -0.15) is 0 Å². The van der Waals surface area contributed by atoms with E-state index in [9.17, 15) is 4.79 Å². The molecule has 0 unspecified atom stereocenters. The molecule has 0 atom stereocenters. The first kappa shape index (κ1) is 12.9. The van der Waals surface area contributed by atoms with E-state index in [2.05, 4.69) is 26.8 Å². The molecule has 0 saturated carbocycles. The molecule has 1 aromatic heterocycles. The fourth-order valence-electron chi connectivity index (χ4n) is 1.53. The highest BCUT2D eigenvalue weighted by atomic mass is 16.5. The lowest BCUT2D eigenvalue weighted by Crippen LogP contribution is -2.23. The first-order valence-corrected chi connectivity index (χ1v) is 5.67. The maximum atomic E-state index is 11.7. The summed E-state index contributed by atoms with van der Waals surface area (Å²) in [4.78, 5) is 11.7. The predicted octanol–water partition coefficient (Wildman–Crippen LogP) is 0.948. The lowest BCUT2D eigenvalue weighted by atomic mass is 10.1. The van der Waals surface area contributed by atoms with E-state index in [0.717, 1.165) is 11.1 Å². The van der Waals surface area contributed by atoms with Gasteiger partial charge in [-0.05, 0) is 11.6 Å². The third-order valence-electron chi connectivity index (χ3n) is 2.43. The molecule has 0 aliphatic carbocycles. The van der Waals surface area contributed by atoms with Crippen molar-refractivity contribution in [2.75, 3.05) is 6.61 Å². The molecule has 1 heterocycles. The van der Waals surface area contributed by atoms with Gasteiger partial charge < -0.3 is 14.9 Å². The summed E-state index contributed by atoms with van der Waals surface area (Å²) in [6.45, 7) is 0.140. The molecule has 0 bridgehead atoms. The van der Waals surface area contributed by atoms with Gasteiger partial charge in [-0.1, -0.05) is 35.2 Å². The second-order valence-corrected chi connectivity index (χ2v) is 3.68. The number of nitrogens with zero attached hydrogens (tertiary/aromatic N) is 1. The Balaban J connectivity index is 2.05. The van der Waals surface area contributed by atoms with Crippen molar-refractivity contribution < 1.29 is 14.4 Å². The highest BCUT2D eigenvalue weighted by Crippen LogP contribution is 2.07. The molecule has 0 saturated heterocycles. The molecule has 96 valence electrons. The normalized spacial score (nSPS) is 9.53. The fourth-order valence-corrected chi connectivity index (χ4v) is 1.53. The van der Waals surface area contributed by atoms with E-state index in [1.54, 1.807) is 0 Å². The van der Waals surface area contributed by atoms with Crippen molar-refractivity contribution in [2.45, 2.75) is 6.54 Å². The van der Waals surface area contributed by atoms with Gasteiger partial charge in [0.1, 0.15) is 12.9 Å². The summed E-state index contributed by atoms with van der Waals surface area (Å²) in [5.41, 5.74) is 1.89. The summed E-state index contributed by atoms with van der Waals surface area (Å²) in [6, 6.07) is 8.91. The minimum absolute atomic E-state index is 0.195. The number of rotatable bonds is 3. The Morgan fingerprint density at radius 2 is 2.21 bits per heavy atom. The number of amides is 1. The van der Waals surface area contributed by atoms with E-state index in [-0.39, 0.29) is 18.2 Å². The number of carbonyl (C=O) groups is 1. The number of carbonyl (C=O) groups excluding carboxylic acids is 1. The predicted molar refractivity (Wildman–Crippen MR) is 68.1 cm³/mol. The van der Waals surface area contributed by atoms with Crippen molar-refractivity contribution in [3.63, 3.8) is 0 Å². The average molecular weight is 256 g/mol. The summed E-state index contributed by atoms with van der Waals surface area (Å²) >= 11 is 0. The van der Waals surface area contributed by atoms with Gasteiger partial charge in [0, 0.05) is 18.2 Å². The van der Waals surface area contributed by atoms with Gasteiger partial charge in [0.05, 0.1) is 0 Å². The van der Waals surface area contributed by atoms with Crippen LogP contribution in [0.4, 0.5) is 0 Å². The standard InChI is InChI=1S/C14H12N2O3/c17-8-3-6-11-4-1-2-5-12(11)10-15-14(18)13-7-9-19-16-13/h1-2,4-5,7,9,17H,8,10H2,(H,15,18). The van der Waals surface area contributed by atoms with E-state index in [1.807, 2.05) is 24.3 Å². The molecule has 0 aliphatic rings. The largest absolute Gasteiger partial charge is 0.384 e. The van der Waals surface area contributed by atoms with Crippen LogP contribution in [0.15, 0.2) is 41.1 Å². The van der Waals surface area contributed by atoms with Crippen LogP contribution in [0.5, 0.6) is 0 Å². The Morgan fingerprint density at radius 1 is 1.37 bits per heavy atom. The average Bonchev–Trinajstić information content (AvgIpc) is 2.97. The molecular formula is C14H12N2O3. The SMILES string of the molecule is O=C(NCc1ccccc1C#CCO)c1ccon1. The van der Waals surface area contributed by atoms with Gasteiger partial charge in [0.2, 0.25) is 0 Å². The van der Waals surface area contributed by atoms with E-state index in [4.69, 9.17) is 5.11 Å². The van der Waals surface area contributed by atoms with Gasteiger partial charge in [0.25, 0.3) is 5.91 Å². The molecule has 2 rings (SSSR count).